The van der Waals surface area contributed by atoms with Gasteiger partial charge in [0.1, 0.15) is 10.1 Å². The average molecular weight is 1320 g/mol. The van der Waals surface area contributed by atoms with Gasteiger partial charge in [-0.25, -0.2) is 21.6 Å². The second-order valence-electron chi connectivity index (χ2n) is 21.5. The van der Waals surface area contributed by atoms with Crippen molar-refractivity contribution in [2.45, 2.75) is 197 Å². The number of nitrogens with two attached hydrogens (primary N) is 1. The van der Waals surface area contributed by atoms with Crippen molar-refractivity contribution in [3.8, 4) is 0 Å². The fourth-order valence-electron chi connectivity index (χ4n) is 7.49. The van der Waals surface area contributed by atoms with Crippen LogP contribution in [-0.2, 0) is 49.1 Å². The Morgan fingerprint density at radius 1 is 0.759 bits per heavy atom. The molecule has 2 fully saturated rings. The van der Waals surface area contributed by atoms with E-state index in [1.165, 1.54) is 74.6 Å². The molecule has 1 amide bonds. The molecule has 0 aliphatic carbocycles. The van der Waals surface area contributed by atoms with Crippen LogP contribution >= 0.6 is 0 Å². The summed E-state index contributed by atoms with van der Waals surface area (Å²) in [6.45, 7) is 36.0. The zero-order chi connectivity index (χ0) is 61.6. The first-order chi connectivity index (χ1) is 36.0. The van der Waals surface area contributed by atoms with Gasteiger partial charge < -0.3 is 68.6 Å². The van der Waals surface area contributed by atoms with Crippen LogP contribution < -0.4 is 130 Å². The predicted molar refractivity (Wildman–Crippen MR) is 311 cm³/mol. The Morgan fingerprint density at radius 2 is 1.16 bits per heavy atom. The van der Waals surface area contributed by atoms with E-state index in [1.807, 2.05) is 19.3 Å². The molecule has 19 nitrogen and oxygen atoms in total. The van der Waals surface area contributed by atoms with Gasteiger partial charge in [0.2, 0.25) is 0 Å². The number of hydrogen-bond acceptors (Lipinski definition) is 14. The Balaban J connectivity index is -0.000000110. The molecule has 2 aliphatic heterocycles. The summed E-state index contributed by atoms with van der Waals surface area (Å²) >= 11 is 0. The van der Waals surface area contributed by atoms with E-state index in [2.05, 4.69) is 135 Å². The third-order valence-electron chi connectivity index (χ3n) is 14.2. The van der Waals surface area contributed by atoms with Crippen LogP contribution in [0, 0.1) is 35.5 Å². The van der Waals surface area contributed by atoms with Gasteiger partial charge in [0.05, 0.1) is 81.0 Å². The van der Waals surface area contributed by atoms with E-state index >= 15 is 0 Å². The number of carbonyl (C=O) groups excluding carboxylic acids is 1. The van der Waals surface area contributed by atoms with Crippen molar-refractivity contribution in [3.05, 3.63) is 59.9 Å². The monoisotopic (exact) mass is 1320 g/mol. The maximum absolute atomic E-state index is 10.7. The number of hydrogen-bond donors (Lipinski definition) is 4. The maximum atomic E-state index is 10.7. The number of aliphatic hydroxyl groups excluding tert-OH is 1. The molecule has 12 unspecified atom stereocenters. The number of ether oxygens (including phenoxy) is 2. The number of pyridine rings is 1. The van der Waals surface area contributed by atoms with Crippen molar-refractivity contribution in [1.29, 1.82) is 0 Å². The number of benzene rings is 1. The number of rotatable bonds is 19. The van der Waals surface area contributed by atoms with Crippen LogP contribution in [0.5, 0.6) is 0 Å². The van der Waals surface area contributed by atoms with Gasteiger partial charge in [-0.05, 0) is 105 Å². The number of amides is 1. The number of methoxy groups -OCH3 is 1. The minimum absolute atomic E-state index is 0. The van der Waals surface area contributed by atoms with E-state index in [1.54, 1.807) is 32.9 Å². The zero-order valence-corrected chi connectivity index (χ0v) is 65.4. The molecule has 1 aromatic heterocycles. The first-order valence-electron chi connectivity index (χ1n) is 28.2. The molecule has 4 rings (SSSR count). The van der Waals surface area contributed by atoms with E-state index < -0.39 is 49.1 Å². The van der Waals surface area contributed by atoms with Crippen LogP contribution in [0.2, 0.25) is 0 Å². The fraction of sp³-hybridized carbons (Fsp3) is 0.786. The minimum Gasteiger partial charge on any atom is -1.00 e. The van der Waals surface area contributed by atoms with Crippen molar-refractivity contribution >= 4 is 36.5 Å². The summed E-state index contributed by atoms with van der Waals surface area (Å²) in [5.41, 5.74) is 9.49. The van der Waals surface area contributed by atoms with Gasteiger partial charge in [0.25, 0.3) is 0 Å². The van der Waals surface area contributed by atoms with E-state index in [-0.39, 0.29) is 148 Å². The van der Waals surface area contributed by atoms with Gasteiger partial charge in [0.15, 0.2) is 12.4 Å². The van der Waals surface area contributed by atoms with E-state index in [0.29, 0.717) is 24.2 Å². The zero-order valence-electron chi connectivity index (χ0n) is 55.5. The summed E-state index contributed by atoms with van der Waals surface area (Å²) in [6, 6.07) is 10.3. The SMILES string of the molecule is CCC(C)CC([NH3+])=O.CCC(C)CS(=O)(=O)[O-].CCC(C)C[NH3+].CCC(C)c1ccc(S(=O)(=O)[O-])cc1.CCC(C)c1ccncc1.CCC1C[N+](C)(C)CC1CC.CC[NH2+]C.COC1OC(C)C(C)C(O)C1OS(=O)(=O)[OH2+].[Cl-].[Cl-].[Na+].[Na+].[Na+]. The molecule has 12 atom stereocenters. The molecule has 0 saturated carbocycles. The average Bonchev–Trinajstić information content (AvgIpc) is 3.71. The minimum atomic E-state index is -4.41. The maximum Gasteiger partial charge on any atom is 1.00 e. The van der Waals surface area contributed by atoms with Crippen LogP contribution in [0.15, 0.2) is 53.7 Å². The van der Waals surface area contributed by atoms with E-state index in [4.69, 9.17) is 14.0 Å². The van der Waals surface area contributed by atoms with Gasteiger partial charge in [-0.15, -0.1) is 8.42 Å². The number of halogens is 2. The topological polar surface area (TPSA) is 321 Å². The summed E-state index contributed by atoms with van der Waals surface area (Å²) in [5.74, 6) is 3.89. The van der Waals surface area contributed by atoms with Gasteiger partial charge in [0, 0.05) is 48.9 Å². The molecule has 0 radical (unpaired) electrons. The van der Waals surface area contributed by atoms with E-state index in [9.17, 15) is 44.3 Å². The van der Waals surface area contributed by atoms with Gasteiger partial charge in [-0.2, -0.15) is 4.18 Å². The molecule has 2 aliphatic rings. The smallest absolute Gasteiger partial charge is 1.00 e. The number of nitrogens with zero attached hydrogens (tertiary/aromatic N) is 2. The Morgan fingerprint density at radius 3 is 1.41 bits per heavy atom. The predicted octanol–water partition coefficient (Wildman–Crippen LogP) is -9.18. The van der Waals surface area contributed by atoms with Crippen molar-refractivity contribution in [2.75, 3.05) is 60.2 Å². The second-order valence-corrected chi connectivity index (χ2v) is 25.4. The number of quaternary nitrogens is 4. The Labute approximate surface area is 584 Å². The number of aliphatic hydroxyl groups is 1. The molecular weight excluding hydrogens is 1200 g/mol. The van der Waals surface area contributed by atoms with Gasteiger partial charge in [-0.1, -0.05) is 115 Å². The first-order valence-corrected chi connectivity index (χ1v) is 32.5. The van der Waals surface area contributed by atoms with Crippen LogP contribution in [-0.4, -0.2) is 144 Å². The molecule has 2 aromatic rings. The molecule has 27 heteroatoms. The number of carbonyl (C=O) groups is 1. The molecule has 83 heavy (non-hydrogen) atoms. The van der Waals surface area contributed by atoms with Crippen molar-refractivity contribution < 1.29 is 197 Å². The summed E-state index contributed by atoms with van der Waals surface area (Å²) in [6.07, 6.45) is 8.79. The number of likely N-dealkylation sites (tertiary alicyclic amines) is 1. The normalized spacial score (nSPS) is 21.0. The van der Waals surface area contributed by atoms with Crippen LogP contribution in [0.3, 0.4) is 0 Å². The molecule has 478 valence electrons. The molecule has 3 heterocycles. The summed E-state index contributed by atoms with van der Waals surface area (Å²) < 4.78 is 106. The van der Waals surface area contributed by atoms with Gasteiger partial charge >= 0.3 is 105 Å². The largest absolute Gasteiger partial charge is 1.00 e. The second kappa shape index (κ2) is 57.0. The fourth-order valence-corrected chi connectivity index (χ4v) is 9.39. The number of aromatic nitrogens is 1. The standard InChI is InChI=1S/C10H22N.C10H14O3S.C9H13N.C8H16O7S.C6H13NO.C5H13N.C5H12O3S.C3H9N.2ClH.3Na/c1-5-9-7-11(3,4)8-10(9)6-2;1-3-8(2)9-4-6-10(7-5-9)14(11,12)13;1-3-8(2)9-4-6-10-7-5-9;1-4-5(2)14-8(13-3)7(6(4)9)15-16(10,11)12;1-3-5(2)4-6(7)8;1-3-5(2)4-6;1-3-5(2)4-9(6,7)8;1-3-4-2;;;;;/h9-10H,5-8H2,1-4H3;4-8H,3H2,1-2H3,(H,11,12,13);4-8H,3H2,1-2H3;4-9H,1-3H3,(H,10,11,12);5H,3-4H2,1-2H3,(H2,7,8);5H,3-4,6H2,1-2H3;5H,3-4H2,1-2H3,(H,6,7,8);4H,3H2,1-2H3;2*1H;;;/q+1;;;;;;;;;;3*+1. The summed E-state index contributed by atoms with van der Waals surface area (Å²) in [7, 11) is -4.61. The summed E-state index contributed by atoms with van der Waals surface area (Å²) in [5, 5.41) is 12.0. The van der Waals surface area contributed by atoms with Crippen molar-refractivity contribution in [3.63, 3.8) is 0 Å². The van der Waals surface area contributed by atoms with Crippen LogP contribution in [0.1, 0.15) is 178 Å². The summed E-state index contributed by atoms with van der Waals surface area (Å²) in [4.78, 5) is 14.1. The van der Waals surface area contributed by atoms with E-state index in [0.717, 1.165) is 49.1 Å². The quantitative estimate of drug-likeness (QED) is 0.0440. The molecule has 2 saturated heterocycles. The Hall–Kier alpha value is 1.03. The van der Waals surface area contributed by atoms with Crippen molar-refractivity contribution in [1.82, 2.24) is 4.98 Å². The van der Waals surface area contributed by atoms with Gasteiger partial charge in [-0.3, -0.25) is 10.7 Å². The molecule has 11 N–H and O–H groups in total. The van der Waals surface area contributed by atoms with Crippen LogP contribution in [0.25, 0.3) is 0 Å². The van der Waals surface area contributed by atoms with Crippen LogP contribution in [0.4, 0.5) is 0 Å². The first kappa shape index (κ1) is 103. The third-order valence-corrected chi connectivity index (χ3v) is 16.5. The molecule has 0 bridgehead atoms. The van der Waals surface area contributed by atoms with Crippen molar-refractivity contribution in [2.24, 2.45) is 35.5 Å². The third kappa shape index (κ3) is 54.5. The Bertz CT molecular complexity index is 2130. The molecule has 1 aromatic carbocycles. The Kier molecular flexibility index (Phi) is 70.6. The molecule has 0 spiro atoms. The molecular formula is C56H114Cl2N5Na3O14S3+4.